The Morgan fingerprint density at radius 2 is 1.97 bits per heavy atom. The van der Waals surface area contributed by atoms with Crippen LogP contribution in [-0.4, -0.2) is 12.5 Å². The van der Waals surface area contributed by atoms with Crippen molar-refractivity contribution in [3.05, 3.63) is 83.3 Å². The molecule has 0 aliphatic carbocycles. The first-order valence-corrected chi connectivity index (χ1v) is 10.9. The van der Waals surface area contributed by atoms with Gasteiger partial charge in [0.05, 0.1) is 12.1 Å². The molecule has 2 heterocycles. The van der Waals surface area contributed by atoms with E-state index in [0.717, 1.165) is 29.0 Å². The van der Waals surface area contributed by atoms with Crippen molar-refractivity contribution in [2.75, 3.05) is 11.4 Å². The standard InChI is InChI=1S/C21H20N2O3S.C2H6.H2/c1-13-19(21(26)20(13)25)23-7-6-15-5-4-14(9-16(15)12-23)11-22-18(24)10-17-3-2-8-27-17;1-2;/h2-5,8-9H,6-7,10-12H2,1H3,(H,22,24);1-2H3;1H. The lowest BCUT2D eigenvalue weighted by atomic mass is 9.95. The van der Waals surface area contributed by atoms with Gasteiger partial charge in [-0.2, -0.15) is 0 Å². The summed E-state index contributed by atoms with van der Waals surface area (Å²) in [6, 6.07) is 10.1. The molecule has 0 spiro atoms. The number of nitrogens with zero attached hydrogens (tertiary/aromatic N) is 1. The Morgan fingerprint density at radius 1 is 1.17 bits per heavy atom. The van der Waals surface area contributed by atoms with Crippen LogP contribution in [0.3, 0.4) is 0 Å². The first kappa shape index (κ1) is 21.0. The molecular weight excluding hydrogens is 384 g/mol. The minimum Gasteiger partial charge on any atom is -0.363 e. The number of benzene rings is 1. The topological polar surface area (TPSA) is 66.5 Å². The highest BCUT2D eigenvalue weighted by Crippen LogP contribution is 2.25. The second kappa shape index (κ2) is 9.18. The summed E-state index contributed by atoms with van der Waals surface area (Å²) in [4.78, 5) is 38.5. The Morgan fingerprint density at radius 3 is 2.66 bits per heavy atom. The van der Waals surface area contributed by atoms with Gasteiger partial charge in [-0.1, -0.05) is 38.1 Å². The quantitative estimate of drug-likeness (QED) is 0.653. The monoisotopic (exact) mass is 412 g/mol. The molecule has 3 aromatic rings. The van der Waals surface area contributed by atoms with E-state index in [2.05, 4.69) is 17.4 Å². The van der Waals surface area contributed by atoms with Crippen LogP contribution in [0.5, 0.6) is 0 Å². The van der Waals surface area contributed by atoms with Crippen molar-refractivity contribution in [2.24, 2.45) is 0 Å². The number of rotatable bonds is 5. The molecule has 1 aromatic heterocycles. The van der Waals surface area contributed by atoms with Crippen molar-refractivity contribution >= 4 is 22.9 Å². The van der Waals surface area contributed by atoms with E-state index in [0.29, 0.717) is 30.8 Å². The zero-order valence-electron chi connectivity index (χ0n) is 17.1. The van der Waals surface area contributed by atoms with Crippen LogP contribution < -0.4 is 21.1 Å². The van der Waals surface area contributed by atoms with Crippen molar-refractivity contribution < 1.29 is 6.22 Å². The number of thiophene rings is 1. The lowest BCUT2D eigenvalue weighted by Crippen LogP contribution is -2.44. The van der Waals surface area contributed by atoms with Crippen LogP contribution in [0.4, 0.5) is 5.69 Å². The predicted molar refractivity (Wildman–Crippen MR) is 121 cm³/mol. The molecule has 0 atom stereocenters. The maximum absolute atomic E-state index is 12.1. The molecule has 29 heavy (non-hydrogen) atoms. The van der Waals surface area contributed by atoms with E-state index >= 15 is 0 Å². The SMILES string of the molecule is CC.Cc1c(N2CCc3ccc(CNC(=O)Cc4cccs4)cc3C2)c(=O)c1=O.[HH]. The summed E-state index contributed by atoms with van der Waals surface area (Å²) >= 11 is 1.58. The number of nitrogens with one attached hydrogen (secondary N) is 1. The van der Waals surface area contributed by atoms with Gasteiger partial charge in [0.1, 0.15) is 0 Å². The summed E-state index contributed by atoms with van der Waals surface area (Å²) in [5, 5.41) is 4.93. The highest BCUT2D eigenvalue weighted by Gasteiger charge is 2.25. The van der Waals surface area contributed by atoms with E-state index in [1.807, 2.05) is 42.3 Å². The summed E-state index contributed by atoms with van der Waals surface area (Å²) in [5.74, 6) is 0.0103. The van der Waals surface area contributed by atoms with E-state index in [1.165, 1.54) is 5.56 Å². The maximum Gasteiger partial charge on any atom is 0.249 e. The van der Waals surface area contributed by atoms with Crippen LogP contribution in [0, 0.1) is 6.92 Å². The third-order valence-electron chi connectivity index (χ3n) is 5.12. The first-order valence-electron chi connectivity index (χ1n) is 9.97. The molecule has 0 radical (unpaired) electrons. The second-order valence-corrected chi connectivity index (χ2v) is 7.97. The van der Waals surface area contributed by atoms with E-state index in [-0.39, 0.29) is 18.2 Å². The lowest BCUT2D eigenvalue weighted by molar-refractivity contribution is -0.120. The molecule has 1 N–H and O–H groups in total. The Hall–Kier alpha value is -2.73. The zero-order valence-corrected chi connectivity index (χ0v) is 17.9. The van der Waals surface area contributed by atoms with E-state index in [1.54, 1.807) is 18.3 Å². The van der Waals surface area contributed by atoms with Crippen LogP contribution in [0.25, 0.3) is 0 Å². The lowest BCUT2D eigenvalue weighted by Gasteiger charge is -2.32. The molecule has 0 saturated heterocycles. The van der Waals surface area contributed by atoms with Crippen LogP contribution in [0.1, 0.15) is 42.4 Å². The molecule has 1 aliphatic heterocycles. The predicted octanol–water partition coefficient (Wildman–Crippen LogP) is 3.35. The largest absolute Gasteiger partial charge is 0.363 e. The molecule has 2 aromatic carbocycles. The Labute approximate surface area is 176 Å². The number of carbonyl (C=O) groups is 1. The molecule has 0 fully saturated rings. The van der Waals surface area contributed by atoms with Gasteiger partial charge in [-0.3, -0.25) is 14.4 Å². The smallest absolute Gasteiger partial charge is 0.249 e. The van der Waals surface area contributed by atoms with Gasteiger partial charge < -0.3 is 10.2 Å². The summed E-state index contributed by atoms with van der Waals surface area (Å²) < 4.78 is 0. The summed E-state index contributed by atoms with van der Waals surface area (Å²) in [6.45, 7) is 7.57. The van der Waals surface area contributed by atoms with Crippen molar-refractivity contribution in [3.63, 3.8) is 0 Å². The summed E-state index contributed by atoms with van der Waals surface area (Å²) in [6.07, 6.45) is 1.25. The zero-order chi connectivity index (χ0) is 21.0. The van der Waals surface area contributed by atoms with Crippen molar-refractivity contribution in [3.8, 4) is 0 Å². The van der Waals surface area contributed by atoms with Crippen LogP contribution in [-0.2, 0) is 30.7 Å². The number of carbonyl (C=O) groups excluding carboxylic acids is 1. The normalized spacial score (nSPS) is 12.9. The summed E-state index contributed by atoms with van der Waals surface area (Å²) in [7, 11) is 0. The van der Waals surface area contributed by atoms with Crippen LogP contribution >= 0.6 is 11.3 Å². The van der Waals surface area contributed by atoms with E-state index in [4.69, 9.17) is 0 Å². The number of fused-ring (bicyclic) bond motifs is 1. The molecule has 1 aliphatic rings. The molecule has 0 bridgehead atoms. The number of hydrogen-bond donors (Lipinski definition) is 1. The van der Waals surface area contributed by atoms with Gasteiger partial charge in [0.25, 0.3) is 0 Å². The van der Waals surface area contributed by atoms with Crippen molar-refractivity contribution in [2.45, 2.75) is 46.7 Å². The number of anilines is 1. The molecule has 5 nitrogen and oxygen atoms in total. The highest BCUT2D eigenvalue weighted by atomic mass is 32.1. The van der Waals surface area contributed by atoms with E-state index in [9.17, 15) is 14.4 Å². The van der Waals surface area contributed by atoms with Gasteiger partial charge >= 0.3 is 0 Å². The molecule has 0 saturated carbocycles. The highest BCUT2D eigenvalue weighted by molar-refractivity contribution is 7.10. The molecular formula is C23H28N2O3S. The van der Waals surface area contributed by atoms with Gasteiger partial charge in [0.15, 0.2) is 0 Å². The Bertz CT molecular complexity index is 1070. The Kier molecular flexibility index (Phi) is 6.64. The third-order valence-corrected chi connectivity index (χ3v) is 6.00. The van der Waals surface area contributed by atoms with Crippen molar-refractivity contribution in [1.82, 2.24) is 5.32 Å². The molecule has 154 valence electrons. The summed E-state index contributed by atoms with van der Waals surface area (Å²) in [5.41, 5.74) is 3.86. The van der Waals surface area contributed by atoms with Crippen LogP contribution in [0.2, 0.25) is 0 Å². The number of hydrogen-bond acceptors (Lipinski definition) is 5. The fourth-order valence-corrected chi connectivity index (χ4v) is 4.32. The molecule has 0 unspecified atom stereocenters. The second-order valence-electron chi connectivity index (χ2n) is 6.94. The fraction of sp³-hybridized carbons (Fsp3) is 0.348. The van der Waals surface area contributed by atoms with Gasteiger partial charge in [0, 0.05) is 31.5 Å². The minimum atomic E-state index is -0.368. The van der Waals surface area contributed by atoms with Gasteiger partial charge in [-0.25, -0.2) is 0 Å². The molecule has 1 amide bonds. The fourth-order valence-electron chi connectivity index (χ4n) is 3.62. The van der Waals surface area contributed by atoms with Crippen LogP contribution in [0.15, 0.2) is 45.3 Å². The Balaban J connectivity index is 0.00000104. The van der Waals surface area contributed by atoms with Gasteiger partial charge in [-0.05, 0) is 41.5 Å². The molecule has 4 rings (SSSR count). The molecule has 6 heteroatoms. The third kappa shape index (κ3) is 4.48. The number of amides is 1. The van der Waals surface area contributed by atoms with Gasteiger partial charge in [-0.15, -0.1) is 11.3 Å². The van der Waals surface area contributed by atoms with Gasteiger partial charge in [0.2, 0.25) is 16.8 Å². The average Bonchev–Trinajstić information content (AvgIpc) is 3.26. The first-order chi connectivity index (χ1) is 14.0. The van der Waals surface area contributed by atoms with E-state index < -0.39 is 0 Å². The minimum absolute atomic E-state index is 0. The maximum atomic E-state index is 12.1. The average molecular weight is 413 g/mol. The van der Waals surface area contributed by atoms with Crippen molar-refractivity contribution in [1.29, 1.82) is 0 Å².